The van der Waals surface area contributed by atoms with Crippen LogP contribution in [-0.4, -0.2) is 11.3 Å². The lowest BCUT2D eigenvalue weighted by molar-refractivity contribution is -0.274. The quantitative estimate of drug-likeness (QED) is 0.802. The van der Waals surface area contributed by atoms with E-state index in [1.54, 1.807) is 6.92 Å². The van der Waals surface area contributed by atoms with E-state index in [9.17, 15) is 13.2 Å². The number of rotatable bonds is 2. The zero-order valence-electron chi connectivity index (χ0n) is 10.3. The maximum absolute atomic E-state index is 12.2. The summed E-state index contributed by atoms with van der Waals surface area (Å²) in [7, 11) is 0. The van der Waals surface area contributed by atoms with Crippen LogP contribution in [0.15, 0.2) is 18.2 Å². The molecule has 0 aliphatic carbocycles. The minimum atomic E-state index is -4.72. The molecule has 2 aromatic rings. The van der Waals surface area contributed by atoms with Crippen LogP contribution in [0.3, 0.4) is 0 Å². The Bertz CT molecular complexity index is 625. The highest BCUT2D eigenvalue weighted by molar-refractivity contribution is 6.36. The minimum absolute atomic E-state index is 0.299. The number of aryl methyl sites for hydroxylation is 1. The molecule has 0 aliphatic rings. The number of hydrogen-bond acceptors (Lipinski definition) is 2. The Morgan fingerprint density at radius 2 is 2.00 bits per heavy atom. The van der Waals surface area contributed by atoms with E-state index in [4.69, 9.17) is 11.6 Å². The van der Waals surface area contributed by atoms with Gasteiger partial charge in [0.05, 0.1) is 10.5 Å². The standard InChI is InChI=1S/C13H11ClF3NO/c1-3-10-7(2)12(14)9-6-8(19-13(15,16)17)4-5-11(9)18-10/h4-6H,3H2,1-2H3. The topological polar surface area (TPSA) is 22.1 Å². The first-order valence-electron chi connectivity index (χ1n) is 5.66. The number of fused-ring (bicyclic) bond motifs is 1. The molecule has 102 valence electrons. The molecular weight excluding hydrogens is 279 g/mol. The normalized spacial score (nSPS) is 11.9. The maximum Gasteiger partial charge on any atom is 0.573 e. The predicted molar refractivity (Wildman–Crippen MR) is 67.6 cm³/mol. The van der Waals surface area contributed by atoms with Crippen LogP contribution in [0.25, 0.3) is 10.9 Å². The van der Waals surface area contributed by atoms with Gasteiger partial charge in [-0.05, 0) is 37.1 Å². The molecule has 2 rings (SSSR count). The van der Waals surface area contributed by atoms with Crippen molar-refractivity contribution in [3.8, 4) is 5.75 Å². The van der Waals surface area contributed by atoms with Gasteiger partial charge in [0.25, 0.3) is 0 Å². The first kappa shape index (κ1) is 13.9. The van der Waals surface area contributed by atoms with Crippen LogP contribution in [-0.2, 0) is 6.42 Å². The number of halogens is 4. The van der Waals surface area contributed by atoms with Crippen LogP contribution >= 0.6 is 11.6 Å². The fourth-order valence-electron chi connectivity index (χ4n) is 1.89. The molecule has 0 fully saturated rings. The molecular formula is C13H11ClF3NO. The third kappa shape index (κ3) is 2.92. The molecule has 1 aromatic carbocycles. The summed E-state index contributed by atoms with van der Waals surface area (Å²) in [5, 5.41) is 0.868. The van der Waals surface area contributed by atoms with Crippen molar-refractivity contribution < 1.29 is 17.9 Å². The van der Waals surface area contributed by atoms with Gasteiger partial charge >= 0.3 is 6.36 Å². The molecule has 0 spiro atoms. The second-order valence-corrected chi connectivity index (χ2v) is 4.46. The molecule has 0 bridgehead atoms. The molecule has 0 unspecified atom stereocenters. The van der Waals surface area contributed by atoms with Gasteiger partial charge in [0.2, 0.25) is 0 Å². The van der Waals surface area contributed by atoms with Crippen molar-refractivity contribution in [1.82, 2.24) is 4.98 Å². The molecule has 1 heterocycles. The highest BCUT2D eigenvalue weighted by atomic mass is 35.5. The number of nitrogens with zero attached hydrogens (tertiary/aromatic N) is 1. The lowest BCUT2D eigenvalue weighted by Gasteiger charge is -2.12. The monoisotopic (exact) mass is 289 g/mol. The molecule has 1 aromatic heterocycles. The van der Waals surface area contributed by atoms with Gasteiger partial charge < -0.3 is 4.74 Å². The molecule has 0 atom stereocenters. The smallest absolute Gasteiger partial charge is 0.406 e. The van der Waals surface area contributed by atoms with Crippen molar-refractivity contribution in [3.05, 3.63) is 34.5 Å². The van der Waals surface area contributed by atoms with Crippen molar-refractivity contribution >= 4 is 22.5 Å². The van der Waals surface area contributed by atoms with Gasteiger partial charge in [-0.2, -0.15) is 0 Å². The summed E-state index contributed by atoms with van der Waals surface area (Å²) >= 11 is 6.18. The van der Waals surface area contributed by atoms with Crippen LogP contribution in [0.2, 0.25) is 5.02 Å². The fraction of sp³-hybridized carbons (Fsp3) is 0.308. The summed E-state index contributed by atoms with van der Waals surface area (Å²) in [6, 6.07) is 3.96. The van der Waals surface area contributed by atoms with Crippen molar-refractivity contribution in [2.24, 2.45) is 0 Å². The Morgan fingerprint density at radius 1 is 1.32 bits per heavy atom. The van der Waals surface area contributed by atoms with E-state index >= 15 is 0 Å². The molecule has 6 heteroatoms. The molecule has 19 heavy (non-hydrogen) atoms. The predicted octanol–water partition coefficient (Wildman–Crippen LogP) is 4.66. The highest BCUT2D eigenvalue weighted by Gasteiger charge is 2.31. The van der Waals surface area contributed by atoms with Crippen LogP contribution in [0, 0.1) is 6.92 Å². The van der Waals surface area contributed by atoms with Crippen molar-refractivity contribution in [3.63, 3.8) is 0 Å². The number of alkyl halides is 3. The first-order chi connectivity index (χ1) is 8.81. The van der Waals surface area contributed by atoms with Gasteiger partial charge in [0.1, 0.15) is 5.75 Å². The van der Waals surface area contributed by atoms with Gasteiger partial charge in [-0.25, -0.2) is 0 Å². The van der Waals surface area contributed by atoms with Crippen LogP contribution < -0.4 is 4.74 Å². The van der Waals surface area contributed by atoms with Gasteiger partial charge in [0, 0.05) is 11.1 Å². The van der Waals surface area contributed by atoms with E-state index in [-0.39, 0.29) is 5.75 Å². The average molecular weight is 290 g/mol. The number of ether oxygens (including phenoxy) is 1. The van der Waals surface area contributed by atoms with Gasteiger partial charge in [-0.1, -0.05) is 18.5 Å². The van der Waals surface area contributed by atoms with Crippen LogP contribution in [0.5, 0.6) is 5.75 Å². The van der Waals surface area contributed by atoms with E-state index in [1.807, 2.05) is 6.92 Å². The Morgan fingerprint density at radius 3 is 2.58 bits per heavy atom. The lowest BCUT2D eigenvalue weighted by Crippen LogP contribution is -2.17. The van der Waals surface area contributed by atoms with Crippen molar-refractivity contribution in [2.45, 2.75) is 26.6 Å². The largest absolute Gasteiger partial charge is 0.573 e. The van der Waals surface area contributed by atoms with Gasteiger partial charge in [-0.15, -0.1) is 13.2 Å². The third-order valence-electron chi connectivity index (χ3n) is 2.79. The Kier molecular flexibility index (Phi) is 3.58. The Labute approximate surface area is 113 Å². The Balaban J connectivity index is 2.57. The molecule has 0 N–H and O–H groups in total. The lowest BCUT2D eigenvalue weighted by atomic mass is 10.1. The van der Waals surface area contributed by atoms with E-state index in [0.717, 1.165) is 11.3 Å². The molecule has 0 aliphatic heterocycles. The van der Waals surface area contributed by atoms with E-state index in [0.29, 0.717) is 22.3 Å². The fourth-order valence-corrected chi connectivity index (χ4v) is 2.15. The highest BCUT2D eigenvalue weighted by Crippen LogP contribution is 2.32. The zero-order valence-corrected chi connectivity index (χ0v) is 11.1. The van der Waals surface area contributed by atoms with Gasteiger partial charge in [0.15, 0.2) is 0 Å². The number of hydrogen-bond donors (Lipinski definition) is 0. The first-order valence-corrected chi connectivity index (χ1v) is 6.04. The number of aromatic nitrogens is 1. The Hall–Kier alpha value is -1.49. The van der Waals surface area contributed by atoms with E-state index < -0.39 is 6.36 Å². The van der Waals surface area contributed by atoms with Gasteiger partial charge in [-0.3, -0.25) is 4.98 Å². The van der Waals surface area contributed by atoms with Crippen LogP contribution in [0.4, 0.5) is 13.2 Å². The average Bonchev–Trinajstić information content (AvgIpc) is 2.32. The van der Waals surface area contributed by atoms with Crippen LogP contribution in [0.1, 0.15) is 18.2 Å². The maximum atomic E-state index is 12.2. The second-order valence-electron chi connectivity index (χ2n) is 4.08. The number of benzene rings is 1. The molecule has 0 amide bonds. The second kappa shape index (κ2) is 4.89. The summed E-state index contributed by atoms with van der Waals surface area (Å²) < 4.78 is 40.4. The minimum Gasteiger partial charge on any atom is -0.406 e. The van der Waals surface area contributed by atoms with E-state index in [1.165, 1.54) is 18.2 Å². The number of pyridine rings is 1. The SMILES string of the molecule is CCc1nc2ccc(OC(F)(F)F)cc2c(Cl)c1C. The zero-order chi connectivity index (χ0) is 14.2. The summed E-state index contributed by atoms with van der Waals surface area (Å²) in [5.41, 5.74) is 2.17. The summed E-state index contributed by atoms with van der Waals surface area (Å²) in [6.07, 6.45) is -4.01. The molecule has 2 nitrogen and oxygen atoms in total. The summed E-state index contributed by atoms with van der Waals surface area (Å²) in [4.78, 5) is 4.37. The van der Waals surface area contributed by atoms with Crippen molar-refractivity contribution in [2.75, 3.05) is 0 Å². The third-order valence-corrected chi connectivity index (χ3v) is 3.28. The molecule has 0 saturated heterocycles. The summed E-state index contributed by atoms with van der Waals surface area (Å²) in [6.45, 7) is 3.74. The summed E-state index contributed by atoms with van der Waals surface area (Å²) in [5.74, 6) is -0.299. The molecule has 0 radical (unpaired) electrons. The van der Waals surface area contributed by atoms with E-state index in [2.05, 4.69) is 9.72 Å². The van der Waals surface area contributed by atoms with Crippen molar-refractivity contribution in [1.29, 1.82) is 0 Å². The molecule has 0 saturated carbocycles.